The number of urea groups is 1. The summed E-state index contributed by atoms with van der Waals surface area (Å²) < 4.78 is 0. The van der Waals surface area contributed by atoms with E-state index in [0.29, 0.717) is 19.4 Å². The Morgan fingerprint density at radius 2 is 1.63 bits per heavy atom. The smallest absolute Gasteiger partial charge is 0.312 e. The van der Waals surface area contributed by atoms with Crippen LogP contribution < -0.4 is 21.7 Å². The number of nitrogens with one attached hydrogen (secondary N) is 3. The van der Waals surface area contributed by atoms with Crippen LogP contribution in [0.1, 0.15) is 73.6 Å². The lowest BCUT2D eigenvalue weighted by molar-refractivity contribution is -0.131. The summed E-state index contributed by atoms with van der Waals surface area (Å²) in [6.07, 6.45) is 3.81. The van der Waals surface area contributed by atoms with Crippen molar-refractivity contribution in [2.24, 2.45) is 17.6 Å². The molecule has 0 fully saturated rings. The molecule has 3 unspecified atom stereocenters. The van der Waals surface area contributed by atoms with Crippen molar-refractivity contribution in [3.05, 3.63) is 0 Å². The van der Waals surface area contributed by atoms with Gasteiger partial charge < -0.3 is 21.7 Å². The van der Waals surface area contributed by atoms with Crippen LogP contribution in [0, 0.1) is 11.8 Å². The van der Waals surface area contributed by atoms with E-state index >= 15 is 0 Å². The summed E-state index contributed by atoms with van der Waals surface area (Å²) in [7, 11) is 0. The van der Waals surface area contributed by atoms with Gasteiger partial charge in [0.25, 0.3) is 0 Å². The number of primary amides is 1. The van der Waals surface area contributed by atoms with E-state index in [0.717, 1.165) is 19.3 Å². The molecule has 0 aromatic carbocycles. The van der Waals surface area contributed by atoms with Crippen LogP contribution >= 0.6 is 0 Å². The molecule has 0 bridgehead atoms. The molecule has 0 aromatic rings. The third-order valence-corrected chi connectivity index (χ3v) is 4.86. The van der Waals surface area contributed by atoms with Gasteiger partial charge in [-0.05, 0) is 38.5 Å². The van der Waals surface area contributed by atoms with Crippen molar-refractivity contribution in [3.8, 4) is 0 Å². The van der Waals surface area contributed by atoms with Crippen molar-refractivity contribution >= 4 is 17.7 Å². The number of carbonyl (C=O) groups is 3. The average molecular weight is 385 g/mol. The third-order valence-electron chi connectivity index (χ3n) is 4.86. The quantitative estimate of drug-likeness (QED) is 0.344. The Balaban J connectivity index is 5.03. The van der Waals surface area contributed by atoms with Crippen LogP contribution in [-0.2, 0) is 9.59 Å². The predicted octanol–water partition coefficient (Wildman–Crippen LogP) is 2.34. The van der Waals surface area contributed by atoms with Crippen molar-refractivity contribution < 1.29 is 14.4 Å². The highest BCUT2D eigenvalue weighted by Crippen LogP contribution is 2.12. The van der Waals surface area contributed by atoms with Crippen molar-refractivity contribution in [2.45, 2.75) is 91.8 Å². The first-order valence-corrected chi connectivity index (χ1v) is 10.3. The molecule has 158 valence electrons. The highest BCUT2D eigenvalue weighted by Gasteiger charge is 2.29. The molecule has 0 saturated heterocycles. The zero-order valence-corrected chi connectivity index (χ0v) is 17.9. The standard InChI is InChI=1S/C20H40N4O3/c1-7-10-15(6)23-17(13(3)4)19(26)24-16(18(25)14(5)8-2)11-9-12-22-20(21)27/h13-17,23H,7-12H2,1-6H3,(H,24,26)(H3,21,22,27)/t14?,15?,16-,17?/m0/s1. The summed E-state index contributed by atoms with van der Waals surface area (Å²) in [4.78, 5) is 36.4. The maximum Gasteiger partial charge on any atom is 0.312 e. The van der Waals surface area contributed by atoms with Crippen LogP contribution in [0.15, 0.2) is 0 Å². The lowest BCUT2D eigenvalue weighted by atomic mass is 9.93. The molecule has 7 nitrogen and oxygen atoms in total. The van der Waals surface area contributed by atoms with E-state index in [1.807, 2.05) is 27.7 Å². The molecule has 4 atom stereocenters. The van der Waals surface area contributed by atoms with Gasteiger partial charge in [-0.2, -0.15) is 0 Å². The molecule has 0 heterocycles. The summed E-state index contributed by atoms with van der Waals surface area (Å²) in [5.74, 6) is -0.115. The van der Waals surface area contributed by atoms with Crippen molar-refractivity contribution in [1.29, 1.82) is 0 Å². The fourth-order valence-corrected chi connectivity index (χ4v) is 3.00. The molecule has 3 amide bonds. The minimum atomic E-state index is -0.585. The molecule has 27 heavy (non-hydrogen) atoms. The Kier molecular flexibility index (Phi) is 12.7. The van der Waals surface area contributed by atoms with Gasteiger partial charge in [0.1, 0.15) is 0 Å². The number of hydrogen-bond acceptors (Lipinski definition) is 4. The largest absolute Gasteiger partial charge is 0.352 e. The zero-order chi connectivity index (χ0) is 21.0. The SMILES string of the molecule is CCCC(C)NC(C(=O)N[C@@H](CCCNC(N)=O)C(=O)C(C)CC)C(C)C. The highest BCUT2D eigenvalue weighted by atomic mass is 16.2. The number of rotatable bonds is 14. The van der Waals surface area contributed by atoms with Gasteiger partial charge in [-0.1, -0.05) is 41.0 Å². The molecule has 0 aromatic heterocycles. The molecule has 0 aliphatic rings. The van der Waals surface area contributed by atoms with Gasteiger partial charge in [-0.15, -0.1) is 0 Å². The number of carbonyl (C=O) groups excluding carboxylic acids is 3. The Labute approximate surface area is 164 Å². The molecular weight excluding hydrogens is 344 g/mol. The van der Waals surface area contributed by atoms with Gasteiger partial charge in [-0.25, -0.2) is 4.79 Å². The second kappa shape index (κ2) is 13.5. The number of Topliss-reactive ketones (excluding diaryl/α,β-unsaturated/α-hetero) is 1. The number of nitrogens with two attached hydrogens (primary N) is 1. The molecular formula is C20H40N4O3. The van der Waals surface area contributed by atoms with E-state index in [-0.39, 0.29) is 35.6 Å². The topological polar surface area (TPSA) is 113 Å². The molecule has 0 rings (SSSR count). The summed E-state index contributed by atoms with van der Waals surface area (Å²) >= 11 is 0. The van der Waals surface area contributed by atoms with E-state index in [9.17, 15) is 14.4 Å². The fourth-order valence-electron chi connectivity index (χ4n) is 3.00. The number of amides is 3. The molecule has 0 radical (unpaired) electrons. The fraction of sp³-hybridized carbons (Fsp3) is 0.850. The normalized spacial score (nSPS) is 15.7. The van der Waals surface area contributed by atoms with E-state index in [2.05, 4.69) is 29.8 Å². The third kappa shape index (κ3) is 10.3. The second-order valence-corrected chi connectivity index (χ2v) is 7.78. The Hall–Kier alpha value is -1.63. The highest BCUT2D eigenvalue weighted by molar-refractivity contribution is 5.92. The van der Waals surface area contributed by atoms with Gasteiger partial charge in [0, 0.05) is 18.5 Å². The summed E-state index contributed by atoms with van der Waals surface area (Å²) in [6, 6.07) is -1.25. The molecule has 0 aliphatic carbocycles. The summed E-state index contributed by atoms with van der Waals surface area (Å²) in [5, 5.41) is 8.86. The first-order valence-electron chi connectivity index (χ1n) is 10.3. The minimum absolute atomic E-state index is 0.0361. The maximum absolute atomic E-state index is 12.9. The van der Waals surface area contributed by atoms with Crippen molar-refractivity contribution in [2.75, 3.05) is 6.54 Å². The van der Waals surface area contributed by atoms with Gasteiger partial charge in [0.05, 0.1) is 12.1 Å². The zero-order valence-electron chi connectivity index (χ0n) is 17.9. The van der Waals surface area contributed by atoms with E-state index in [1.165, 1.54) is 0 Å². The van der Waals surface area contributed by atoms with Crippen molar-refractivity contribution in [1.82, 2.24) is 16.0 Å². The second-order valence-electron chi connectivity index (χ2n) is 7.78. The Morgan fingerprint density at radius 1 is 1.00 bits per heavy atom. The van der Waals surface area contributed by atoms with Gasteiger partial charge in [0.15, 0.2) is 5.78 Å². The van der Waals surface area contributed by atoms with Gasteiger partial charge in [-0.3, -0.25) is 9.59 Å². The molecule has 7 heteroatoms. The summed E-state index contributed by atoms with van der Waals surface area (Å²) in [6.45, 7) is 12.4. The maximum atomic E-state index is 12.9. The lowest BCUT2D eigenvalue weighted by Gasteiger charge is -2.28. The average Bonchev–Trinajstić information content (AvgIpc) is 2.60. The van der Waals surface area contributed by atoms with Gasteiger partial charge >= 0.3 is 6.03 Å². The van der Waals surface area contributed by atoms with Gasteiger partial charge in [0.2, 0.25) is 5.91 Å². The monoisotopic (exact) mass is 384 g/mol. The molecule has 5 N–H and O–H groups in total. The lowest BCUT2D eigenvalue weighted by Crippen LogP contribution is -2.54. The van der Waals surface area contributed by atoms with Crippen LogP contribution in [0.3, 0.4) is 0 Å². The molecule has 0 aliphatic heterocycles. The van der Waals surface area contributed by atoms with Crippen molar-refractivity contribution in [3.63, 3.8) is 0 Å². The van der Waals surface area contributed by atoms with Crippen LogP contribution in [-0.4, -0.2) is 42.4 Å². The van der Waals surface area contributed by atoms with E-state index in [1.54, 1.807) is 0 Å². The Bertz CT molecular complexity index is 468. The Morgan fingerprint density at radius 3 is 2.11 bits per heavy atom. The first kappa shape index (κ1) is 25.4. The van der Waals surface area contributed by atoms with Crippen LogP contribution in [0.25, 0.3) is 0 Å². The number of hydrogen-bond donors (Lipinski definition) is 4. The summed E-state index contributed by atoms with van der Waals surface area (Å²) in [5.41, 5.74) is 5.07. The van der Waals surface area contributed by atoms with Crippen LogP contribution in [0.4, 0.5) is 4.79 Å². The van der Waals surface area contributed by atoms with Crippen LogP contribution in [0.2, 0.25) is 0 Å². The predicted molar refractivity (Wildman–Crippen MR) is 109 cm³/mol. The first-order chi connectivity index (χ1) is 12.6. The van der Waals surface area contributed by atoms with Crippen LogP contribution in [0.5, 0.6) is 0 Å². The number of ketones is 1. The van der Waals surface area contributed by atoms with E-state index < -0.39 is 12.1 Å². The molecule has 0 saturated carbocycles. The molecule has 0 spiro atoms. The minimum Gasteiger partial charge on any atom is -0.352 e. The van der Waals surface area contributed by atoms with E-state index in [4.69, 9.17) is 5.73 Å².